The minimum absolute atomic E-state index is 0. The number of amides is 1. The quantitative estimate of drug-likeness (QED) is 0.871. The molecule has 0 radical (unpaired) electrons. The number of hydrogen-bond donors (Lipinski definition) is 2. The van der Waals surface area contributed by atoms with E-state index in [4.69, 9.17) is 5.11 Å². The van der Waals surface area contributed by atoms with Gasteiger partial charge in [-0.3, -0.25) is 9.69 Å². The number of aliphatic hydroxyl groups excluding tert-OH is 1. The lowest BCUT2D eigenvalue weighted by Crippen LogP contribution is -2.40. The molecule has 1 aromatic rings. The lowest BCUT2D eigenvalue weighted by atomic mass is 9.94. The van der Waals surface area contributed by atoms with E-state index in [2.05, 4.69) is 36.2 Å². The summed E-state index contributed by atoms with van der Waals surface area (Å²) in [5.41, 5.74) is 1.27. The molecule has 0 unspecified atom stereocenters. The van der Waals surface area contributed by atoms with E-state index in [1.54, 1.807) is 0 Å². The Morgan fingerprint density at radius 1 is 1.33 bits per heavy atom. The number of rotatable bonds is 5. The molecule has 4 nitrogen and oxygen atoms in total. The van der Waals surface area contributed by atoms with Gasteiger partial charge in [0.2, 0.25) is 5.91 Å². The number of hydrogen-bond acceptors (Lipinski definition) is 3. The number of likely N-dealkylation sites (tertiary alicyclic amines) is 1. The van der Waals surface area contributed by atoms with E-state index in [1.165, 1.54) is 5.56 Å². The predicted octanol–water partition coefficient (Wildman–Crippen LogP) is 1.78. The molecule has 2 atom stereocenters. The van der Waals surface area contributed by atoms with Crippen LogP contribution in [0.2, 0.25) is 0 Å². The standard InChI is InChI=1S/C16H24N2O2.ClH/c1-12(2)18-10-14(13-6-4-3-5-7-13)15(11-18)17-16(20)8-9-19;/h3-7,12,14-15,19H,8-11H2,1-2H3,(H,17,20);1H/t14-,15+;/m1./s1. The van der Waals surface area contributed by atoms with Crippen LogP contribution in [0.4, 0.5) is 0 Å². The van der Waals surface area contributed by atoms with E-state index in [-0.39, 0.29) is 37.4 Å². The molecule has 2 N–H and O–H groups in total. The molecule has 1 amide bonds. The van der Waals surface area contributed by atoms with Crippen molar-refractivity contribution in [3.8, 4) is 0 Å². The maximum atomic E-state index is 11.8. The van der Waals surface area contributed by atoms with E-state index in [1.807, 2.05) is 18.2 Å². The first-order valence-electron chi connectivity index (χ1n) is 7.31. The Balaban J connectivity index is 0.00000220. The average molecular weight is 313 g/mol. The predicted molar refractivity (Wildman–Crippen MR) is 86.8 cm³/mol. The number of halogens is 1. The van der Waals surface area contributed by atoms with E-state index in [9.17, 15) is 4.79 Å². The van der Waals surface area contributed by atoms with Gasteiger partial charge in [0.1, 0.15) is 0 Å². The fourth-order valence-corrected chi connectivity index (χ4v) is 2.82. The SMILES string of the molecule is CC(C)N1C[C@H](NC(=O)CCO)[C@@H](c2ccccc2)C1.Cl. The molecule has 118 valence electrons. The smallest absolute Gasteiger partial charge is 0.222 e. The molecule has 0 aromatic heterocycles. The maximum absolute atomic E-state index is 11.8. The molecule has 0 spiro atoms. The largest absolute Gasteiger partial charge is 0.396 e. The zero-order valence-corrected chi connectivity index (χ0v) is 13.5. The molecule has 2 rings (SSSR count). The summed E-state index contributed by atoms with van der Waals surface area (Å²) in [7, 11) is 0. The van der Waals surface area contributed by atoms with Crippen molar-refractivity contribution in [2.45, 2.75) is 38.3 Å². The van der Waals surface area contributed by atoms with Crippen LogP contribution in [-0.4, -0.2) is 47.7 Å². The third kappa shape index (κ3) is 4.70. The molecule has 1 fully saturated rings. The zero-order chi connectivity index (χ0) is 14.5. The normalized spacial score (nSPS) is 22.1. The van der Waals surface area contributed by atoms with Crippen LogP contribution in [0.5, 0.6) is 0 Å². The van der Waals surface area contributed by atoms with Gasteiger partial charge in [-0.2, -0.15) is 0 Å². The number of nitrogens with one attached hydrogen (secondary N) is 1. The second-order valence-electron chi connectivity index (χ2n) is 5.71. The molecule has 0 saturated carbocycles. The molecule has 21 heavy (non-hydrogen) atoms. The number of carbonyl (C=O) groups excluding carboxylic acids is 1. The van der Waals surface area contributed by atoms with Crippen LogP contribution in [0.25, 0.3) is 0 Å². The van der Waals surface area contributed by atoms with Gasteiger partial charge in [-0.1, -0.05) is 30.3 Å². The molecule has 1 saturated heterocycles. The minimum atomic E-state index is -0.0948. The van der Waals surface area contributed by atoms with Crippen molar-refractivity contribution in [3.05, 3.63) is 35.9 Å². The fraction of sp³-hybridized carbons (Fsp3) is 0.562. The first kappa shape index (κ1) is 18.0. The third-order valence-electron chi connectivity index (χ3n) is 3.99. The number of carbonyl (C=O) groups is 1. The van der Waals surface area contributed by atoms with E-state index in [0.717, 1.165) is 13.1 Å². The van der Waals surface area contributed by atoms with Crippen molar-refractivity contribution >= 4 is 18.3 Å². The van der Waals surface area contributed by atoms with Crippen LogP contribution >= 0.6 is 12.4 Å². The van der Waals surface area contributed by atoms with Crippen LogP contribution in [0.1, 0.15) is 31.7 Å². The Kier molecular flexibility index (Phi) is 7.15. The maximum Gasteiger partial charge on any atom is 0.222 e. The second-order valence-corrected chi connectivity index (χ2v) is 5.71. The molecule has 0 aliphatic carbocycles. The summed E-state index contributed by atoms with van der Waals surface area (Å²) in [6.45, 7) is 6.10. The van der Waals surface area contributed by atoms with Crippen molar-refractivity contribution in [3.63, 3.8) is 0 Å². The summed E-state index contributed by atoms with van der Waals surface area (Å²) in [4.78, 5) is 14.2. The fourth-order valence-electron chi connectivity index (χ4n) is 2.82. The van der Waals surface area contributed by atoms with Gasteiger partial charge in [0.15, 0.2) is 0 Å². The second kappa shape index (κ2) is 8.37. The molecule has 1 aliphatic heterocycles. The topological polar surface area (TPSA) is 52.6 Å². The number of aliphatic hydroxyl groups is 1. The van der Waals surface area contributed by atoms with Gasteiger partial charge in [-0.15, -0.1) is 12.4 Å². The summed E-state index contributed by atoms with van der Waals surface area (Å²) >= 11 is 0. The van der Waals surface area contributed by atoms with Crippen LogP contribution in [0.15, 0.2) is 30.3 Å². The molecule has 1 aliphatic rings. The molecular formula is C16H25ClN2O2. The van der Waals surface area contributed by atoms with Crippen LogP contribution in [0.3, 0.4) is 0 Å². The average Bonchev–Trinajstić information content (AvgIpc) is 2.84. The highest BCUT2D eigenvalue weighted by atomic mass is 35.5. The summed E-state index contributed by atoms with van der Waals surface area (Å²) in [6, 6.07) is 10.9. The Morgan fingerprint density at radius 3 is 2.57 bits per heavy atom. The van der Waals surface area contributed by atoms with Gasteiger partial charge in [0.05, 0.1) is 6.61 Å². The Labute approximate surface area is 132 Å². The zero-order valence-electron chi connectivity index (χ0n) is 12.7. The Morgan fingerprint density at radius 2 is 2.00 bits per heavy atom. The van der Waals surface area contributed by atoms with E-state index >= 15 is 0 Å². The molecule has 1 heterocycles. The minimum Gasteiger partial charge on any atom is -0.396 e. The van der Waals surface area contributed by atoms with Gasteiger partial charge >= 0.3 is 0 Å². The van der Waals surface area contributed by atoms with Crippen molar-refractivity contribution in [1.29, 1.82) is 0 Å². The van der Waals surface area contributed by atoms with E-state index in [0.29, 0.717) is 12.0 Å². The van der Waals surface area contributed by atoms with Crippen molar-refractivity contribution in [2.75, 3.05) is 19.7 Å². The lowest BCUT2D eigenvalue weighted by molar-refractivity contribution is -0.122. The van der Waals surface area contributed by atoms with Crippen LogP contribution in [-0.2, 0) is 4.79 Å². The molecular weight excluding hydrogens is 288 g/mol. The first-order valence-corrected chi connectivity index (χ1v) is 7.31. The number of benzene rings is 1. The van der Waals surface area contributed by atoms with Gasteiger partial charge in [-0.25, -0.2) is 0 Å². The molecule has 0 bridgehead atoms. The monoisotopic (exact) mass is 312 g/mol. The highest BCUT2D eigenvalue weighted by Gasteiger charge is 2.35. The van der Waals surface area contributed by atoms with Gasteiger partial charge in [-0.05, 0) is 19.4 Å². The molecule has 1 aromatic carbocycles. The van der Waals surface area contributed by atoms with Crippen molar-refractivity contribution < 1.29 is 9.90 Å². The summed E-state index contributed by atoms with van der Waals surface area (Å²) in [6.07, 6.45) is 0.180. The van der Waals surface area contributed by atoms with Crippen LogP contribution < -0.4 is 5.32 Å². The highest BCUT2D eigenvalue weighted by Crippen LogP contribution is 2.28. The van der Waals surface area contributed by atoms with Crippen molar-refractivity contribution in [2.24, 2.45) is 0 Å². The third-order valence-corrected chi connectivity index (χ3v) is 3.99. The van der Waals surface area contributed by atoms with E-state index < -0.39 is 0 Å². The van der Waals surface area contributed by atoms with Gasteiger partial charge < -0.3 is 10.4 Å². The Hall–Kier alpha value is -1.10. The number of nitrogens with zero attached hydrogens (tertiary/aromatic N) is 1. The van der Waals surface area contributed by atoms with Gasteiger partial charge in [0.25, 0.3) is 0 Å². The summed E-state index contributed by atoms with van der Waals surface area (Å²) in [5.74, 6) is 0.255. The van der Waals surface area contributed by atoms with Crippen molar-refractivity contribution in [1.82, 2.24) is 10.2 Å². The van der Waals surface area contributed by atoms with Gasteiger partial charge in [0, 0.05) is 37.5 Å². The first-order chi connectivity index (χ1) is 9.61. The summed E-state index contributed by atoms with van der Waals surface area (Å²) < 4.78 is 0. The summed E-state index contributed by atoms with van der Waals surface area (Å²) in [5, 5.41) is 11.9. The molecule has 5 heteroatoms. The Bertz CT molecular complexity index is 439. The lowest BCUT2D eigenvalue weighted by Gasteiger charge is -2.20. The highest BCUT2D eigenvalue weighted by molar-refractivity contribution is 5.85. The van der Waals surface area contributed by atoms with Crippen LogP contribution in [0, 0.1) is 0 Å².